The van der Waals surface area contributed by atoms with Gasteiger partial charge >= 0.3 is 6.03 Å². The molecular formula is C17H23N5O2. The number of likely N-dealkylation sites (tertiary alicyclic amines) is 1. The highest BCUT2D eigenvalue weighted by molar-refractivity contribution is 5.74. The normalized spacial score (nSPS) is 20.8. The van der Waals surface area contributed by atoms with Crippen molar-refractivity contribution in [3.63, 3.8) is 0 Å². The SMILES string of the molecule is CO[C@@H]1CN(C(=O)NCc2ccc(-n3cncn3)cc2)CC[C@H]1C. The van der Waals surface area contributed by atoms with Crippen LogP contribution in [0.25, 0.3) is 5.69 Å². The van der Waals surface area contributed by atoms with Crippen LogP contribution in [0.3, 0.4) is 0 Å². The molecule has 1 N–H and O–H groups in total. The minimum Gasteiger partial charge on any atom is -0.379 e. The van der Waals surface area contributed by atoms with Gasteiger partial charge in [-0.1, -0.05) is 19.1 Å². The third-order valence-electron chi connectivity index (χ3n) is 4.54. The quantitative estimate of drug-likeness (QED) is 0.929. The van der Waals surface area contributed by atoms with E-state index < -0.39 is 0 Å². The number of ether oxygens (including phenoxy) is 1. The molecule has 1 aliphatic heterocycles. The van der Waals surface area contributed by atoms with Crippen LogP contribution in [-0.4, -0.2) is 52.0 Å². The molecule has 24 heavy (non-hydrogen) atoms. The standard InChI is InChI=1S/C17H23N5O2/c1-13-7-8-21(10-16(13)24-2)17(23)19-9-14-3-5-15(6-4-14)22-12-18-11-20-22/h3-6,11-13,16H,7-10H2,1-2H3,(H,19,23)/t13-,16-/m1/s1. The third-order valence-corrected chi connectivity index (χ3v) is 4.54. The average molecular weight is 329 g/mol. The summed E-state index contributed by atoms with van der Waals surface area (Å²) >= 11 is 0. The molecule has 1 fully saturated rings. The van der Waals surface area contributed by atoms with Crippen molar-refractivity contribution in [2.45, 2.75) is 26.0 Å². The van der Waals surface area contributed by atoms with Crippen molar-refractivity contribution in [3.05, 3.63) is 42.5 Å². The fourth-order valence-corrected chi connectivity index (χ4v) is 2.92. The first-order valence-electron chi connectivity index (χ1n) is 8.17. The highest BCUT2D eigenvalue weighted by Crippen LogP contribution is 2.19. The zero-order valence-corrected chi connectivity index (χ0v) is 14.1. The van der Waals surface area contributed by atoms with E-state index in [9.17, 15) is 4.79 Å². The molecule has 0 bridgehead atoms. The number of amides is 2. The molecule has 1 aliphatic rings. The van der Waals surface area contributed by atoms with Gasteiger partial charge in [0.15, 0.2) is 0 Å². The number of hydrogen-bond acceptors (Lipinski definition) is 4. The summed E-state index contributed by atoms with van der Waals surface area (Å²) in [4.78, 5) is 18.1. The molecular weight excluding hydrogens is 306 g/mol. The number of carbonyl (C=O) groups is 1. The molecule has 0 unspecified atom stereocenters. The molecule has 2 aromatic rings. The van der Waals surface area contributed by atoms with Gasteiger partial charge in [-0.2, -0.15) is 5.10 Å². The van der Waals surface area contributed by atoms with Gasteiger partial charge in [0.2, 0.25) is 0 Å². The summed E-state index contributed by atoms with van der Waals surface area (Å²) in [5.74, 6) is 0.489. The highest BCUT2D eigenvalue weighted by Gasteiger charge is 2.28. The number of carbonyl (C=O) groups excluding carboxylic acids is 1. The number of benzene rings is 1. The Kier molecular flexibility index (Phi) is 5.10. The molecule has 0 radical (unpaired) electrons. The van der Waals surface area contributed by atoms with E-state index in [2.05, 4.69) is 22.3 Å². The van der Waals surface area contributed by atoms with Gasteiger partial charge in [-0.25, -0.2) is 14.5 Å². The molecule has 3 rings (SSSR count). The second-order valence-electron chi connectivity index (χ2n) is 6.15. The van der Waals surface area contributed by atoms with Crippen LogP contribution >= 0.6 is 0 Å². The second-order valence-corrected chi connectivity index (χ2v) is 6.15. The van der Waals surface area contributed by atoms with Crippen LogP contribution in [0.4, 0.5) is 4.79 Å². The van der Waals surface area contributed by atoms with Crippen LogP contribution in [0.5, 0.6) is 0 Å². The van der Waals surface area contributed by atoms with Crippen molar-refractivity contribution in [2.24, 2.45) is 5.92 Å². The van der Waals surface area contributed by atoms with E-state index in [1.165, 1.54) is 6.33 Å². The molecule has 1 saturated heterocycles. The lowest BCUT2D eigenvalue weighted by Gasteiger charge is -2.36. The number of methoxy groups -OCH3 is 1. The number of piperidine rings is 1. The first-order valence-corrected chi connectivity index (χ1v) is 8.17. The maximum absolute atomic E-state index is 12.3. The summed E-state index contributed by atoms with van der Waals surface area (Å²) in [7, 11) is 1.71. The van der Waals surface area contributed by atoms with E-state index in [4.69, 9.17) is 4.74 Å². The van der Waals surface area contributed by atoms with Gasteiger partial charge in [-0.15, -0.1) is 0 Å². The Labute approximate surface area is 141 Å². The van der Waals surface area contributed by atoms with Gasteiger partial charge < -0.3 is 15.0 Å². The van der Waals surface area contributed by atoms with Crippen LogP contribution in [0.2, 0.25) is 0 Å². The first-order chi connectivity index (χ1) is 11.7. The maximum atomic E-state index is 12.3. The Morgan fingerprint density at radius 3 is 2.83 bits per heavy atom. The lowest BCUT2D eigenvalue weighted by Crippen LogP contribution is -2.50. The van der Waals surface area contributed by atoms with Gasteiger partial charge in [0.05, 0.1) is 11.8 Å². The number of aromatic nitrogens is 3. The molecule has 7 heteroatoms. The van der Waals surface area contributed by atoms with Crippen LogP contribution < -0.4 is 5.32 Å². The zero-order valence-electron chi connectivity index (χ0n) is 14.1. The molecule has 128 valence electrons. The number of hydrogen-bond donors (Lipinski definition) is 1. The van der Waals surface area contributed by atoms with Crippen LogP contribution in [0.15, 0.2) is 36.9 Å². The topological polar surface area (TPSA) is 72.3 Å². The third kappa shape index (κ3) is 3.73. The van der Waals surface area contributed by atoms with E-state index >= 15 is 0 Å². The van der Waals surface area contributed by atoms with E-state index in [0.29, 0.717) is 19.0 Å². The fraction of sp³-hybridized carbons (Fsp3) is 0.471. The fourth-order valence-electron chi connectivity index (χ4n) is 2.92. The predicted octanol–water partition coefficient (Wildman–Crippen LogP) is 1.83. The molecule has 0 spiro atoms. The lowest BCUT2D eigenvalue weighted by atomic mass is 9.96. The lowest BCUT2D eigenvalue weighted by molar-refractivity contribution is 0.00714. The molecule has 1 aromatic heterocycles. The minimum atomic E-state index is -0.0377. The van der Waals surface area contributed by atoms with Gasteiger partial charge in [-0.3, -0.25) is 0 Å². The zero-order chi connectivity index (χ0) is 16.9. The van der Waals surface area contributed by atoms with Gasteiger partial charge in [0.25, 0.3) is 0 Å². The summed E-state index contributed by atoms with van der Waals surface area (Å²) in [5.41, 5.74) is 1.98. The summed E-state index contributed by atoms with van der Waals surface area (Å²) in [6.07, 6.45) is 4.24. The van der Waals surface area contributed by atoms with E-state index in [-0.39, 0.29) is 12.1 Å². The Morgan fingerprint density at radius 2 is 2.17 bits per heavy atom. The first kappa shape index (κ1) is 16.4. The molecule has 0 aliphatic carbocycles. The molecule has 2 atom stereocenters. The summed E-state index contributed by atoms with van der Waals surface area (Å²) < 4.78 is 7.16. The van der Waals surface area contributed by atoms with Crippen molar-refractivity contribution in [2.75, 3.05) is 20.2 Å². The average Bonchev–Trinajstić information content (AvgIpc) is 3.15. The number of nitrogens with zero attached hydrogens (tertiary/aromatic N) is 4. The largest absolute Gasteiger partial charge is 0.379 e. The van der Waals surface area contributed by atoms with Crippen molar-refractivity contribution in [3.8, 4) is 5.69 Å². The van der Waals surface area contributed by atoms with Gasteiger partial charge in [-0.05, 0) is 30.0 Å². The Morgan fingerprint density at radius 1 is 1.38 bits per heavy atom. The molecule has 2 amide bonds. The number of urea groups is 1. The molecule has 2 heterocycles. The van der Waals surface area contributed by atoms with Crippen LogP contribution in [-0.2, 0) is 11.3 Å². The maximum Gasteiger partial charge on any atom is 0.317 e. The Bertz CT molecular complexity index is 656. The van der Waals surface area contributed by atoms with Gasteiger partial charge in [0, 0.05) is 26.7 Å². The van der Waals surface area contributed by atoms with E-state index in [1.807, 2.05) is 29.2 Å². The van der Waals surface area contributed by atoms with E-state index in [1.54, 1.807) is 18.1 Å². The van der Waals surface area contributed by atoms with E-state index in [0.717, 1.165) is 24.2 Å². The summed E-state index contributed by atoms with van der Waals surface area (Å²) in [5, 5.41) is 7.07. The Hall–Kier alpha value is -2.41. The Balaban J connectivity index is 1.53. The van der Waals surface area contributed by atoms with Gasteiger partial charge in [0.1, 0.15) is 12.7 Å². The van der Waals surface area contributed by atoms with Crippen molar-refractivity contribution in [1.29, 1.82) is 0 Å². The monoisotopic (exact) mass is 329 g/mol. The highest BCUT2D eigenvalue weighted by atomic mass is 16.5. The summed E-state index contributed by atoms with van der Waals surface area (Å²) in [6.45, 7) is 4.09. The van der Waals surface area contributed by atoms with Crippen molar-refractivity contribution in [1.82, 2.24) is 25.0 Å². The molecule has 0 saturated carbocycles. The predicted molar refractivity (Wildman–Crippen MR) is 89.7 cm³/mol. The number of nitrogens with one attached hydrogen (secondary N) is 1. The van der Waals surface area contributed by atoms with Crippen LogP contribution in [0.1, 0.15) is 18.9 Å². The molecule has 1 aromatic carbocycles. The number of rotatable bonds is 4. The van der Waals surface area contributed by atoms with Crippen LogP contribution in [0, 0.1) is 5.92 Å². The molecule has 7 nitrogen and oxygen atoms in total. The summed E-state index contributed by atoms with van der Waals surface area (Å²) in [6, 6.07) is 7.84. The van der Waals surface area contributed by atoms with Crippen molar-refractivity contribution >= 4 is 6.03 Å². The minimum absolute atomic E-state index is 0.0377. The smallest absolute Gasteiger partial charge is 0.317 e. The second kappa shape index (κ2) is 7.44. The van der Waals surface area contributed by atoms with Crippen molar-refractivity contribution < 1.29 is 9.53 Å².